The molecule has 0 heterocycles. The van der Waals surface area contributed by atoms with Gasteiger partial charge in [-0.3, -0.25) is 5.32 Å². The number of amides is 1. The maximum Gasteiger partial charge on any atom is 0.417 e. The molecule has 1 amide bonds. The van der Waals surface area contributed by atoms with Crippen molar-refractivity contribution in [3.05, 3.63) is 60.2 Å². The highest BCUT2D eigenvalue weighted by Gasteiger charge is 2.04. The molecular weight excluding hydrogens is 250 g/mol. The van der Waals surface area contributed by atoms with Crippen LogP contribution in [0.25, 0.3) is 0 Å². The zero-order valence-electron chi connectivity index (χ0n) is 9.60. The van der Waals surface area contributed by atoms with Gasteiger partial charge in [0, 0.05) is 11.6 Å². The first-order chi connectivity index (χ1) is 8.78. The molecule has 18 heavy (non-hydrogen) atoms. The van der Waals surface area contributed by atoms with E-state index < -0.39 is 6.09 Å². The molecule has 0 aliphatic carbocycles. The Morgan fingerprint density at radius 1 is 1.06 bits per heavy atom. The Hall–Kier alpha value is -2.00. The molecular formula is C14H12ClNO2. The SMILES string of the molecule is O=C(Nc1ccc(CCl)cc1)Oc1ccccc1. The molecule has 92 valence electrons. The largest absolute Gasteiger partial charge is 0.417 e. The molecule has 0 atom stereocenters. The Labute approximate surface area is 110 Å². The molecule has 0 fully saturated rings. The van der Waals surface area contributed by atoms with Gasteiger partial charge in [0.1, 0.15) is 5.75 Å². The van der Waals surface area contributed by atoms with Crippen molar-refractivity contribution in [3.63, 3.8) is 0 Å². The van der Waals surface area contributed by atoms with Crippen molar-refractivity contribution in [2.45, 2.75) is 5.88 Å². The Kier molecular flexibility index (Phi) is 4.20. The first kappa shape index (κ1) is 12.5. The highest BCUT2D eigenvalue weighted by molar-refractivity contribution is 6.17. The number of para-hydroxylation sites is 1. The van der Waals surface area contributed by atoms with E-state index in [1.54, 1.807) is 36.4 Å². The third-order valence-corrected chi connectivity index (χ3v) is 2.62. The van der Waals surface area contributed by atoms with E-state index in [4.69, 9.17) is 16.3 Å². The number of nitrogens with one attached hydrogen (secondary N) is 1. The van der Waals surface area contributed by atoms with Gasteiger partial charge in [-0.15, -0.1) is 11.6 Å². The van der Waals surface area contributed by atoms with Crippen LogP contribution in [0, 0.1) is 0 Å². The number of ether oxygens (including phenoxy) is 1. The third-order valence-electron chi connectivity index (χ3n) is 2.31. The van der Waals surface area contributed by atoms with E-state index in [1.165, 1.54) is 0 Å². The van der Waals surface area contributed by atoms with Crippen LogP contribution in [0.5, 0.6) is 5.75 Å². The average molecular weight is 262 g/mol. The summed E-state index contributed by atoms with van der Waals surface area (Å²) in [6, 6.07) is 16.2. The quantitative estimate of drug-likeness (QED) is 0.847. The van der Waals surface area contributed by atoms with Crippen LogP contribution >= 0.6 is 11.6 Å². The Morgan fingerprint density at radius 2 is 1.72 bits per heavy atom. The van der Waals surface area contributed by atoms with Gasteiger partial charge in [-0.2, -0.15) is 0 Å². The van der Waals surface area contributed by atoms with E-state index >= 15 is 0 Å². The number of carbonyl (C=O) groups is 1. The minimum absolute atomic E-state index is 0.453. The first-order valence-electron chi connectivity index (χ1n) is 5.47. The number of benzene rings is 2. The van der Waals surface area contributed by atoms with Crippen LogP contribution in [0.3, 0.4) is 0 Å². The number of hydrogen-bond acceptors (Lipinski definition) is 2. The molecule has 0 aromatic heterocycles. The monoisotopic (exact) mass is 261 g/mol. The summed E-state index contributed by atoms with van der Waals surface area (Å²) in [4.78, 5) is 11.6. The zero-order valence-corrected chi connectivity index (χ0v) is 10.4. The summed E-state index contributed by atoms with van der Waals surface area (Å²) < 4.78 is 5.10. The van der Waals surface area contributed by atoms with Crippen molar-refractivity contribution in [1.82, 2.24) is 0 Å². The lowest BCUT2D eigenvalue weighted by Gasteiger charge is -2.06. The molecule has 4 heteroatoms. The van der Waals surface area contributed by atoms with Gasteiger partial charge in [-0.25, -0.2) is 4.79 Å². The molecule has 2 aromatic carbocycles. The van der Waals surface area contributed by atoms with Crippen LogP contribution in [0.15, 0.2) is 54.6 Å². The third kappa shape index (κ3) is 3.50. The van der Waals surface area contributed by atoms with Gasteiger partial charge in [-0.1, -0.05) is 30.3 Å². The van der Waals surface area contributed by atoms with Crippen molar-refractivity contribution in [1.29, 1.82) is 0 Å². The van der Waals surface area contributed by atoms with Gasteiger partial charge < -0.3 is 4.74 Å². The smallest absolute Gasteiger partial charge is 0.410 e. The van der Waals surface area contributed by atoms with E-state index in [1.807, 2.05) is 18.2 Å². The van der Waals surface area contributed by atoms with Crippen molar-refractivity contribution in [2.75, 3.05) is 5.32 Å². The predicted molar refractivity (Wildman–Crippen MR) is 72.1 cm³/mol. The predicted octanol–water partition coefficient (Wildman–Crippen LogP) is 4.04. The summed E-state index contributed by atoms with van der Waals surface area (Å²) >= 11 is 5.68. The lowest BCUT2D eigenvalue weighted by molar-refractivity contribution is 0.215. The second-order valence-electron chi connectivity index (χ2n) is 3.66. The number of carbonyl (C=O) groups excluding carboxylic acids is 1. The average Bonchev–Trinajstić information content (AvgIpc) is 2.40. The van der Waals surface area contributed by atoms with Gasteiger partial charge >= 0.3 is 6.09 Å². The Bertz CT molecular complexity index is 511. The zero-order chi connectivity index (χ0) is 12.8. The number of rotatable bonds is 3. The second-order valence-corrected chi connectivity index (χ2v) is 3.93. The standard InChI is InChI=1S/C14H12ClNO2/c15-10-11-6-8-12(9-7-11)16-14(17)18-13-4-2-1-3-5-13/h1-9H,10H2,(H,16,17). The van der Waals surface area contributed by atoms with Gasteiger partial charge in [0.25, 0.3) is 0 Å². The lowest BCUT2D eigenvalue weighted by Crippen LogP contribution is -2.16. The van der Waals surface area contributed by atoms with Crippen LogP contribution in [-0.4, -0.2) is 6.09 Å². The van der Waals surface area contributed by atoms with Gasteiger partial charge in [0.2, 0.25) is 0 Å². The van der Waals surface area contributed by atoms with Crippen molar-refractivity contribution >= 4 is 23.4 Å². The summed E-state index contributed by atoms with van der Waals surface area (Å²) in [6.07, 6.45) is -0.514. The molecule has 0 saturated carbocycles. The summed E-state index contributed by atoms with van der Waals surface area (Å²) in [5.41, 5.74) is 1.67. The van der Waals surface area contributed by atoms with Gasteiger partial charge in [-0.05, 0) is 29.8 Å². The number of anilines is 1. The lowest BCUT2D eigenvalue weighted by atomic mass is 10.2. The normalized spacial score (nSPS) is 9.83. The summed E-state index contributed by atoms with van der Waals surface area (Å²) in [5, 5.41) is 2.64. The fourth-order valence-corrected chi connectivity index (χ4v) is 1.59. The first-order valence-corrected chi connectivity index (χ1v) is 6.00. The molecule has 0 aliphatic heterocycles. The molecule has 0 radical (unpaired) electrons. The topological polar surface area (TPSA) is 38.3 Å². The van der Waals surface area contributed by atoms with Crippen LogP contribution in [0.2, 0.25) is 0 Å². The molecule has 0 bridgehead atoms. The summed E-state index contributed by atoms with van der Waals surface area (Å²) in [7, 11) is 0. The molecule has 0 saturated heterocycles. The minimum atomic E-state index is -0.514. The van der Waals surface area contributed by atoms with Gasteiger partial charge in [0.15, 0.2) is 0 Å². The van der Waals surface area contributed by atoms with E-state index in [9.17, 15) is 4.79 Å². The van der Waals surface area contributed by atoms with Crippen LogP contribution in [0.1, 0.15) is 5.56 Å². The molecule has 3 nitrogen and oxygen atoms in total. The number of hydrogen-bond donors (Lipinski definition) is 1. The van der Waals surface area contributed by atoms with E-state index in [-0.39, 0.29) is 0 Å². The van der Waals surface area contributed by atoms with Crippen LogP contribution < -0.4 is 10.1 Å². The molecule has 2 rings (SSSR count). The molecule has 1 N–H and O–H groups in total. The van der Waals surface area contributed by atoms with Crippen molar-refractivity contribution in [3.8, 4) is 5.75 Å². The van der Waals surface area contributed by atoms with Crippen molar-refractivity contribution in [2.24, 2.45) is 0 Å². The maximum atomic E-state index is 11.6. The Balaban J connectivity index is 1.94. The Morgan fingerprint density at radius 3 is 2.33 bits per heavy atom. The molecule has 0 unspecified atom stereocenters. The fraction of sp³-hybridized carbons (Fsp3) is 0.0714. The number of alkyl halides is 1. The minimum Gasteiger partial charge on any atom is -0.410 e. The van der Waals surface area contributed by atoms with Crippen LogP contribution in [0.4, 0.5) is 10.5 Å². The molecule has 0 spiro atoms. The summed E-state index contributed by atoms with van der Waals surface area (Å²) in [6.45, 7) is 0. The van der Waals surface area contributed by atoms with Crippen molar-refractivity contribution < 1.29 is 9.53 Å². The fourth-order valence-electron chi connectivity index (χ4n) is 1.42. The second kappa shape index (κ2) is 6.07. The molecule has 0 aliphatic rings. The van der Waals surface area contributed by atoms with Crippen LogP contribution in [-0.2, 0) is 5.88 Å². The highest BCUT2D eigenvalue weighted by Crippen LogP contribution is 2.13. The summed E-state index contributed by atoms with van der Waals surface area (Å²) in [5.74, 6) is 0.960. The highest BCUT2D eigenvalue weighted by atomic mass is 35.5. The molecule has 2 aromatic rings. The van der Waals surface area contributed by atoms with E-state index in [0.29, 0.717) is 17.3 Å². The number of halogens is 1. The van der Waals surface area contributed by atoms with E-state index in [2.05, 4.69) is 5.32 Å². The van der Waals surface area contributed by atoms with Gasteiger partial charge in [0.05, 0.1) is 0 Å². The maximum absolute atomic E-state index is 11.6. The van der Waals surface area contributed by atoms with E-state index in [0.717, 1.165) is 5.56 Å².